The van der Waals surface area contributed by atoms with Gasteiger partial charge in [-0.15, -0.1) is 0 Å². The van der Waals surface area contributed by atoms with Crippen LogP contribution in [0.25, 0.3) is 10.8 Å². The standard InChI is InChI=1S/C26H30N6O/c1-17(2)15-22(27-3)30-23-16-20-9-12-28-26(33)24(20)25(31-23)29-21-7-5-18(6-8-21)19-10-13-32(4)14-11-19/h5-9,12,15-16,19H,1,3,10-11,13-14H2,2,4H3,(H,28,33)(H2,29,30,31)/b22-15+. The summed E-state index contributed by atoms with van der Waals surface area (Å²) < 4.78 is 0. The topological polar surface area (TPSA) is 85.4 Å². The van der Waals surface area contributed by atoms with Crippen LogP contribution in [0.2, 0.25) is 0 Å². The summed E-state index contributed by atoms with van der Waals surface area (Å²) in [6.07, 6.45) is 5.77. The van der Waals surface area contributed by atoms with Gasteiger partial charge in [0, 0.05) is 11.9 Å². The van der Waals surface area contributed by atoms with Gasteiger partial charge in [-0.3, -0.25) is 4.79 Å². The quantitative estimate of drug-likeness (QED) is 0.354. The number of H-pyrrole nitrogens is 1. The number of aromatic nitrogens is 2. The maximum atomic E-state index is 12.6. The third-order valence-electron chi connectivity index (χ3n) is 5.93. The van der Waals surface area contributed by atoms with Gasteiger partial charge in [0.05, 0.1) is 5.39 Å². The Morgan fingerprint density at radius 1 is 1.24 bits per heavy atom. The third-order valence-corrected chi connectivity index (χ3v) is 5.93. The number of anilines is 3. The van der Waals surface area contributed by atoms with Crippen LogP contribution in [0.5, 0.6) is 0 Å². The fourth-order valence-corrected chi connectivity index (χ4v) is 4.17. The normalized spacial score (nSPS) is 15.4. The molecule has 7 nitrogen and oxygen atoms in total. The second-order valence-corrected chi connectivity index (χ2v) is 8.61. The molecule has 3 aromatic rings. The van der Waals surface area contributed by atoms with Gasteiger partial charge in [-0.2, -0.15) is 0 Å². The van der Waals surface area contributed by atoms with Gasteiger partial charge in [-0.05, 0) is 93.8 Å². The number of pyridine rings is 2. The largest absolute Gasteiger partial charge is 0.339 e. The average molecular weight is 443 g/mol. The molecule has 0 saturated carbocycles. The number of aromatic amines is 1. The Labute approximate surface area is 194 Å². The van der Waals surface area contributed by atoms with Crippen molar-refractivity contribution in [1.29, 1.82) is 0 Å². The fraction of sp³-hybridized carbons (Fsp3) is 0.269. The van der Waals surface area contributed by atoms with Gasteiger partial charge in [-0.25, -0.2) is 9.98 Å². The number of nitrogens with zero attached hydrogens (tertiary/aromatic N) is 3. The summed E-state index contributed by atoms with van der Waals surface area (Å²) in [6.45, 7) is 11.6. The van der Waals surface area contributed by atoms with Crippen LogP contribution in [0.3, 0.4) is 0 Å². The molecule has 0 spiro atoms. The Morgan fingerprint density at radius 2 is 1.97 bits per heavy atom. The van der Waals surface area contributed by atoms with E-state index >= 15 is 0 Å². The lowest BCUT2D eigenvalue weighted by molar-refractivity contribution is 0.255. The van der Waals surface area contributed by atoms with Gasteiger partial charge < -0.3 is 20.5 Å². The van der Waals surface area contributed by atoms with Crippen molar-refractivity contribution in [1.82, 2.24) is 14.9 Å². The van der Waals surface area contributed by atoms with E-state index in [0.717, 1.165) is 29.7 Å². The smallest absolute Gasteiger partial charge is 0.259 e. The van der Waals surface area contributed by atoms with E-state index in [1.807, 2.05) is 19.1 Å². The van der Waals surface area contributed by atoms with Crippen molar-refractivity contribution in [2.24, 2.45) is 4.99 Å². The number of piperidine rings is 1. The molecule has 0 atom stereocenters. The zero-order valence-corrected chi connectivity index (χ0v) is 19.2. The predicted octanol–water partition coefficient (Wildman–Crippen LogP) is 5.01. The lowest BCUT2D eigenvalue weighted by Gasteiger charge is -2.29. The molecule has 1 fully saturated rings. The number of aliphatic imine (C=N–C) groups is 1. The second-order valence-electron chi connectivity index (χ2n) is 8.61. The molecule has 0 aliphatic carbocycles. The maximum absolute atomic E-state index is 12.6. The van der Waals surface area contributed by atoms with E-state index in [1.165, 1.54) is 18.4 Å². The minimum Gasteiger partial charge on any atom is -0.339 e. The molecule has 1 aliphatic rings. The first kappa shape index (κ1) is 22.5. The molecular formula is C26H30N6O. The number of fused-ring (bicyclic) bond motifs is 1. The highest BCUT2D eigenvalue weighted by Crippen LogP contribution is 2.30. The van der Waals surface area contributed by atoms with E-state index in [2.05, 4.69) is 75.1 Å². The highest BCUT2D eigenvalue weighted by atomic mass is 16.1. The van der Waals surface area contributed by atoms with E-state index in [9.17, 15) is 4.79 Å². The zero-order valence-electron chi connectivity index (χ0n) is 19.2. The van der Waals surface area contributed by atoms with Gasteiger partial charge in [-0.1, -0.05) is 24.3 Å². The van der Waals surface area contributed by atoms with Gasteiger partial charge >= 0.3 is 0 Å². The van der Waals surface area contributed by atoms with E-state index in [4.69, 9.17) is 0 Å². The van der Waals surface area contributed by atoms with Crippen molar-refractivity contribution in [2.75, 3.05) is 30.8 Å². The van der Waals surface area contributed by atoms with Gasteiger partial charge in [0.15, 0.2) is 0 Å². The predicted molar refractivity (Wildman–Crippen MR) is 138 cm³/mol. The van der Waals surface area contributed by atoms with Crippen LogP contribution in [0, 0.1) is 0 Å². The Bertz CT molecular complexity index is 1250. The summed E-state index contributed by atoms with van der Waals surface area (Å²) in [5.41, 5.74) is 2.87. The van der Waals surface area contributed by atoms with Crippen molar-refractivity contribution in [3.8, 4) is 0 Å². The van der Waals surface area contributed by atoms with Crippen LogP contribution in [-0.4, -0.2) is 41.7 Å². The summed E-state index contributed by atoms with van der Waals surface area (Å²) in [6, 6.07) is 12.1. The monoisotopic (exact) mass is 442 g/mol. The van der Waals surface area contributed by atoms with E-state index in [-0.39, 0.29) is 5.56 Å². The summed E-state index contributed by atoms with van der Waals surface area (Å²) in [7, 11) is 2.17. The molecular weight excluding hydrogens is 412 g/mol. The molecule has 2 aromatic heterocycles. The van der Waals surface area contributed by atoms with Gasteiger partial charge in [0.25, 0.3) is 5.56 Å². The average Bonchev–Trinajstić information content (AvgIpc) is 2.79. The first-order chi connectivity index (χ1) is 15.9. The van der Waals surface area contributed by atoms with E-state index < -0.39 is 0 Å². The number of hydrogen-bond donors (Lipinski definition) is 3. The number of hydrogen-bond acceptors (Lipinski definition) is 6. The van der Waals surface area contributed by atoms with Gasteiger partial charge in [0.2, 0.25) is 0 Å². The van der Waals surface area contributed by atoms with Crippen molar-refractivity contribution in [3.05, 3.63) is 82.6 Å². The van der Waals surface area contributed by atoms with Crippen LogP contribution in [0.1, 0.15) is 31.2 Å². The van der Waals surface area contributed by atoms with E-state index in [0.29, 0.717) is 28.8 Å². The van der Waals surface area contributed by atoms with Crippen LogP contribution >= 0.6 is 0 Å². The molecule has 1 saturated heterocycles. The summed E-state index contributed by atoms with van der Waals surface area (Å²) in [5, 5.41) is 7.76. The number of benzene rings is 1. The summed E-state index contributed by atoms with van der Waals surface area (Å²) >= 11 is 0. The minimum absolute atomic E-state index is 0.198. The van der Waals surface area contributed by atoms with Crippen LogP contribution in [0.4, 0.5) is 17.3 Å². The molecule has 1 aliphatic heterocycles. The SMILES string of the molecule is C=N/C(=C\C(=C)C)Nc1cc2cc[nH]c(=O)c2c(Nc2ccc(C3CCN(C)CC3)cc2)n1. The van der Waals surface area contributed by atoms with Crippen LogP contribution in [-0.2, 0) is 0 Å². The van der Waals surface area contributed by atoms with Crippen molar-refractivity contribution >= 4 is 34.8 Å². The lowest BCUT2D eigenvalue weighted by atomic mass is 9.89. The number of rotatable bonds is 7. The molecule has 4 rings (SSSR count). The molecule has 33 heavy (non-hydrogen) atoms. The Morgan fingerprint density at radius 3 is 2.64 bits per heavy atom. The highest BCUT2D eigenvalue weighted by molar-refractivity contribution is 5.94. The first-order valence-electron chi connectivity index (χ1n) is 11.1. The van der Waals surface area contributed by atoms with Crippen molar-refractivity contribution in [2.45, 2.75) is 25.7 Å². The Balaban J connectivity index is 1.64. The first-order valence-corrected chi connectivity index (χ1v) is 11.1. The highest BCUT2D eigenvalue weighted by Gasteiger charge is 2.18. The molecule has 0 amide bonds. The number of allylic oxidation sites excluding steroid dienone is 2. The summed E-state index contributed by atoms with van der Waals surface area (Å²) in [5.74, 6) is 2.16. The van der Waals surface area contributed by atoms with Crippen LogP contribution < -0.4 is 16.2 Å². The number of nitrogens with one attached hydrogen (secondary N) is 3. The maximum Gasteiger partial charge on any atom is 0.259 e. The van der Waals surface area contributed by atoms with Crippen molar-refractivity contribution < 1.29 is 0 Å². The zero-order chi connectivity index (χ0) is 23.4. The Hall–Kier alpha value is -3.71. The second kappa shape index (κ2) is 9.83. The minimum atomic E-state index is -0.198. The molecule has 3 N–H and O–H groups in total. The fourth-order valence-electron chi connectivity index (χ4n) is 4.17. The molecule has 0 bridgehead atoms. The Kier molecular flexibility index (Phi) is 6.70. The van der Waals surface area contributed by atoms with Gasteiger partial charge in [0.1, 0.15) is 17.5 Å². The molecule has 0 radical (unpaired) electrons. The lowest BCUT2D eigenvalue weighted by Crippen LogP contribution is -2.29. The molecule has 0 unspecified atom stereocenters. The molecule has 7 heteroatoms. The number of likely N-dealkylation sites (tertiary alicyclic amines) is 1. The van der Waals surface area contributed by atoms with E-state index in [1.54, 1.807) is 12.3 Å². The summed E-state index contributed by atoms with van der Waals surface area (Å²) in [4.78, 5) is 26.4. The molecule has 170 valence electrons. The third kappa shape index (κ3) is 5.38. The van der Waals surface area contributed by atoms with Crippen LogP contribution in [0.15, 0.2) is 76.4 Å². The van der Waals surface area contributed by atoms with Crippen molar-refractivity contribution in [3.63, 3.8) is 0 Å². The molecule has 3 heterocycles. The molecule has 1 aromatic carbocycles.